The Morgan fingerprint density at radius 1 is 0.608 bits per heavy atom. The van der Waals surface area contributed by atoms with Gasteiger partial charge in [0.2, 0.25) is 0 Å². The van der Waals surface area contributed by atoms with Crippen LogP contribution in [-0.2, 0) is 24.5 Å². The van der Waals surface area contributed by atoms with Gasteiger partial charge < -0.3 is 23.8 Å². The van der Waals surface area contributed by atoms with Crippen LogP contribution in [0.5, 0.6) is 0 Å². The summed E-state index contributed by atoms with van der Waals surface area (Å²) in [5.41, 5.74) is 2.13. The zero-order valence-corrected chi connectivity index (χ0v) is 31.5. The Morgan fingerprint density at radius 2 is 1.02 bits per heavy atom. The number of unbranched alkanes of at least 4 members (excludes halogenated alkanes) is 15. The van der Waals surface area contributed by atoms with Crippen LogP contribution in [-0.4, -0.2) is 63.2 Å². The molecule has 1 atom stereocenters. The minimum absolute atomic E-state index is 0.174. The first-order valence-corrected chi connectivity index (χ1v) is 20.2. The molecule has 0 radical (unpaired) electrons. The van der Waals surface area contributed by atoms with Gasteiger partial charge in [0.25, 0.3) is 0 Å². The van der Waals surface area contributed by atoms with Crippen molar-refractivity contribution in [2.24, 2.45) is 0 Å². The van der Waals surface area contributed by atoms with Crippen LogP contribution in [0.2, 0.25) is 0 Å². The van der Waals surface area contributed by atoms with Crippen molar-refractivity contribution in [2.75, 3.05) is 46.1 Å². The SMILES string of the molecule is CCCCCCCCCCCCCCCCCCOCC(COC(c1ccccc1)(c1ccccc1)c1ccccc1)OC(=O)N1CCOCC1. The van der Waals surface area contributed by atoms with Gasteiger partial charge >= 0.3 is 6.09 Å². The summed E-state index contributed by atoms with van der Waals surface area (Å²) in [5, 5.41) is 0. The highest BCUT2D eigenvalue weighted by atomic mass is 16.6. The lowest BCUT2D eigenvalue weighted by atomic mass is 9.80. The standard InChI is InChI=1S/C45H65NO5/c1-2-3-4-5-6-7-8-9-10-11-12-13-14-15-16-26-35-49-38-43(51-44(47)46-33-36-48-37-34-46)39-50-45(40-27-20-17-21-28-40,41-29-22-18-23-30-41)42-31-24-19-25-32-42/h17-25,27-32,43H,2-16,26,33-39H2,1H3. The number of hydrogen-bond donors (Lipinski definition) is 0. The normalized spacial score (nSPS) is 14.0. The molecule has 6 nitrogen and oxygen atoms in total. The molecule has 1 aliphatic heterocycles. The fourth-order valence-corrected chi connectivity index (χ4v) is 7.03. The summed E-state index contributed by atoms with van der Waals surface area (Å²) in [4.78, 5) is 15.0. The highest BCUT2D eigenvalue weighted by molar-refractivity contribution is 5.68. The quantitative estimate of drug-likeness (QED) is 0.0617. The molecule has 1 aliphatic rings. The van der Waals surface area contributed by atoms with Gasteiger partial charge in [0.1, 0.15) is 5.60 Å². The van der Waals surface area contributed by atoms with Crippen LogP contribution in [0.4, 0.5) is 4.79 Å². The Balaban J connectivity index is 1.25. The molecule has 1 heterocycles. The Bertz CT molecular complexity index is 1190. The van der Waals surface area contributed by atoms with E-state index in [0.29, 0.717) is 32.9 Å². The van der Waals surface area contributed by atoms with Gasteiger partial charge in [0.15, 0.2) is 6.10 Å². The second-order valence-corrected chi connectivity index (χ2v) is 14.1. The maximum Gasteiger partial charge on any atom is 0.410 e. The van der Waals surface area contributed by atoms with E-state index < -0.39 is 11.7 Å². The molecule has 3 aromatic rings. The zero-order chi connectivity index (χ0) is 35.7. The number of morpholine rings is 1. The van der Waals surface area contributed by atoms with Gasteiger partial charge in [-0.25, -0.2) is 4.79 Å². The monoisotopic (exact) mass is 699 g/mol. The topological polar surface area (TPSA) is 57.2 Å². The molecule has 0 N–H and O–H groups in total. The van der Waals surface area contributed by atoms with E-state index in [1.807, 2.05) is 54.6 Å². The summed E-state index contributed by atoms with van der Waals surface area (Å²) >= 11 is 0. The van der Waals surface area contributed by atoms with E-state index in [2.05, 4.69) is 43.3 Å². The van der Waals surface area contributed by atoms with Crippen molar-refractivity contribution in [1.82, 2.24) is 4.90 Å². The van der Waals surface area contributed by atoms with Gasteiger partial charge in [-0.3, -0.25) is 0 Å². The number of benzene rings is 3. The molecule has 1 unspecified atom stereocenters. The Hall–Kier alpha value is -3.19. The summed E-state index contributed by atoms with van der Waals surface area (Å²) in [6.07, 6.45) is 20.5. The van der Waals surface area contributed by atoms with E-state index in [9.17, 15) is 4.79 Å². The molecule has 0 spiro atoms. The summed E-state index contributed by atoms with van der Waals surface area (Å²) in [6, 6.07) is 30.9. The zero-order valence-electron chi connectivity index (χ0n) is 31.5. The van der Waals surface area contributed by atoms with E-state index >= 15 is 0 Å². The van der Waals surface area contributed by atoms with Crippen LogP contribution < -0.4 is 0 Å². The molecule has 1 amide bonds. The number of carbonyl (C=O) groups is 1. The van der Waals surface area contributed by atoms with Crippen molar-refractivity contribution in [3.63, 3.8) is 0 Å². The molecule has 1 fully saturated rings. The van der Waals surface area contributed by atoms with Crippen molar-refractivity contribution >= 4 is 6.09 Å². The summed E-state index contributed by atoms with van der Waals surface area (Å²) in [6.45, 7) is 5.47. The third kappa shape index (κ3) is 14.4. The molecular formula is C45H65NO5. The van der Waals surface area contributed by atoms with E-state index in [0.717, 1.165) is 29.5 Å². The van der Waals surface area contributed by atoms with Crippen LogP contribution in [0.3, 0.4) is 0 Å². The lowest BCUT2D eigenvalue weighted by molar-refractivity contribution is -0.0774. The highest BCUT2D eigenvalue weighted by Crippen LogP contribution is 2.40. The third-order valence-corrected chi connectivity index (χ3v) is 10.0. The molecular weight excluding hydrogens is 634 g/mol. The first kappa shape index (κ1) is 40.6. The maximum atomic E-state index is 13.3. The molecule has 4 rings (SSSR count). The van der Waals surface area contributed by atoms with E-state index in [1.165, 1.54) is 89.9 Å². The van der Waals surface area contributed by atoms with Gasteiger partial charge in [-0.2, -0.15) is 0 Å². The predicted octanol–water partition coefficient (Wildman–Crippen LogP) is 11.1. The minimum Gasteiger partial charge on any atom is -0.441 e. The smallest absolute Gasteiger partial charge is 0.410 e. The minimum atomic E-state index is -0.902. The van der Waals surface area contributed by atoms with Gasteiger partial charge in [0.05, 0.1) is 26.4 Å². The number of hydrogen-bond acceptors (Lipinski definition) is 5. The molecule has 3 aromatic carbocycles. The summed E-state index contributed by atoms with van der Waals surface area (Å²) in [7, 11) is 0. The molecule has 51 heavy (non-hydrogen) atoms. The predicted molar refractivity (Wildman–Crippen MR) is 208 cm³/mol. The Morgan fingerprint density at radius 3 is 1.45 bits per heavy atom. The molecule has 280 valence electrons. The summed E-state index contributed by atoms with van der Waals surface area (Å²) in [5.74, 6) is 0. The largest absolute Gasteiger partial charge is 0.441 e. The Kier molecular flexibility index (Phi) is 19.8. The number of carbonyl (C=O) groups excluding carboxylic acids is 1. The van der Waals surface area contributed by atoms with Gasteiger partial charge in [0, 0.05) is 19.7 Å². The number of rotatable bonds is 26. The number of amides is 1. The molecule has 0 saturated carbocycles. The molecule has 0 aliphatic carbocycles. The lowest BCUT2D eigenvalue weighted by Gasteiger charge is -2.37. The van der Waals surface area contributed by atoms with Crippen molar-refractivity contribution in [1.29, 1.82) is 0 Å². The van der Waals surface area contributed by atoms with E-state index in [4.69, 9.17) is 18.9 Å². The van der Waals surface area contributed by atoms with Gasteiger partial charge in [-0.1, -0.05) is 194 Å². The second kappa shape index (κ2) is 24.9. The summed E-state index contributed by atoms with van der Waals surface area (Å²) < 4.78 is 24.8. The molecule has 6 heteroatoms. The van der Waals surface area contributed by atoms with Crippen LogP contribution >= 0.6 is 0 Å². The van der Waals surface area contributed by atoms with Gasteiger partial charge in [-0.15, -0.1) is 0 Å². The number of nitrogens with zero attached hydrogens (tertiary/aromatic N) is 1. The highest BCUT2D eigenvalue weighted by Gasteiger charge is 2.38. The van der Waals surface area contributed by atoms with Crippen molar-refractivity contribution in [3.05, 3.63) is 108 Å². The number of ether oxygens (including phenoxy) is 4. The van der Waals surface area contributed by atoms with Crippen molar-refractivity contribution < 1.29 is 23.7 Å². The van der Waals surface area contributed by atoms with Crippen molar-refractivity contribution in [3.8, 4) is 0 Å². The Labute approximate surface area is 309 Å². The van der Waals surface area contributed by atoms with E-state index in [1.54, 1.807) is 4.90 Å². The molecule has 1 saturated heterocycles. The van der Waals surface area contributed by atoms with E-state index in [-0.39, 0.29) is 19.3 Å². The lowest BCUT2D eigenvalue weighted by Crippen LogP contribution is -2.44. The van der Waals surface area contributed by atoms with Crippen LogP contribution in [0.1, 0.15) is 126 Å². The fraction of sp³-hybridized carbons (Fsp3) is 0.578. The van der Waals surface area contributed by atoms with Crippen LogP contribution in [0.15, 0.2) is 91.0 Å². The third-order valence-electron chi connectivity index (χ3n) is 10.0. The fourth-order valence-electron chi connectivity index (χ4n) is 7.03. The first-order valence-electron chi connectivity index (χ1n) is 20.2. The average Bonchev–Trinajstić information content (AvgIpc) is 3.19. The van der Waals surface area contributed by atoms with Crippen LogP contribution in [0, 0.1) is 0 Å². The second-order valence-electron chi connectivity index (χ2n) is 14.1. The van der Waals surface area contributed by atoms with Crippen LogP contribution in [0.25, 0.3) is 0 Å². The van der Waals surface area contributed by atoms with Crippen molar-refractivity contribution in [2.45, 2.75) is 121 Å². The molecule has 0 bridgehead atoms. The molecule has 0 aromatic heterocycles. The van der Waals surface area contributed by atoms with Gasteiger partial charge in [-0.05, 0) is 23.1 Å². The first-order chi connectivity index (χ1) is 25.2. The maximum absolute atomic E-state index is 13.3. The average molecular weight is 700 g/mol.